The minimum Gasteiger partial charge on any atom is -0.406 e. The molecule has 2 atom stereocenters. The molecule has 0 N–H and O–H groups in total. The van der Waals surface area contributed by atoms with Crippen molar-refractivity contribution in [1.82, 2.24) is 0 Å². The van der Waals surface area contributed by atoms with Gasteiger partial charge >= 0.3 is 0 Å². The quantitative estimate of drug-likeness (QED) is 0.584. The van der Waals surface area contributed by atoms with E-state index in [1.165, 1.54) is 11.8 Å². The fourth-order valence-electron chi connectivity index (χ4n) is 1.49. The van der Waals surface area contributed by atoms with E-state index in [2.05, 4.69) is 33.9 Å². The molecule has 0 aromatic heterocycles. The molecule has 0 amide bonds. The van der Waals surface area contributed by atoms with Crippen molar-refractivity contribution in [1.29, 1.82) is 0 Å². The van der Waals surface area contributed by atoms with Crippen LogP contribution in [0.25, 0.3) is 0 Å². The van der Waals surface area contributed by atoms with Gasteiger partial charge in [-0.05, 0) is 24.6 Å². The summed E-state index contributed by atoms with van der Waals surface area (Å²) in [6.07, 6.45) is 1.78. The first kappa shape index (κ1) is 14.9. The van der Waals surface area contributed by atoms with E-state index in [1.54, 1.807) is 0 Å². The molecule has 1 fully saturated rings. The summed E-state index contributed by atoms with van der Waals surface area (Å²) >= 11 is 1.28. The van der Waals surface area contributed by atoms with E-state index in [9.17, 15) is 9.59 Å². The summed E-state index contributed by atoms with van der Waals surface area (Å²) in [7, 11) is -1.93. The van der Waals surface area contributed by atoms with E-state index >= 15 is 0 Å². The lowest BCUT2D eigenvalue weighted by Crippen LogP contribution is -2.46. The van der Waals surface area contributed by atoms with E-state index in [0.717, 1.165) is 12.7 Å². The Balaban J connectivity index is 2.70. The molecule has 0 spiro atoms. The lowest BCUT2D eigenvalue weighted by Gasteiger charge is -2.39. The highest BCUT2D eigenvalue weighted by molar-refractivity contribution is 8.14. The minimum absolute atomic E-state index is 0.0223. The van der Waals surface area contributed by atoms with E-state index in [0.29, 0.717) is 6.42 Å². The standard InChI is InChI=1S/C12H22O3SSi/c1-12(2,3)17(4,5)15-9(8-13)10-6-7-11(14)16-10/h8-10H,6-7H2,1-5H3/t9-,10+/m1/s1. The highest BCUT2D eigenvalue weighted by Gasteiger charge is 2.42. The molecule has 5 heteroatoms. The summed E-state index contributed by atoms with van der Waals surface area (Å²) in [6.45, 7) is 10.7. The maximum absolute atomic E-state index is 11.2. The van der Waals surface area contributed by atoms with Crippen molar-refractivity contribution in [3.63, 3.8) is 0 Å². The van der Waals surface area contributed by atoms with Gasteiger partial charge in [0.2, 0.25) is 0 Å². The fourth-order valence-corrected chi connectivity index (χ4v) is 3.90. The van der Waals surface area contributed by atoms with Crippen LogP contribution in [0.15, 0.2) is 0 Å². The summed E-state index contributed by atoms with van der Waals surface area (Å²) in [5.41, 5.74) is 0. The van der Waals surface area contributed by atoms with Gasteiger partial charge in [-0.15, -0.1) is 0 Å². The zero-order chi connectivity index (χ0) is 13.3. The number of rotatable bonds is 4. The van der Waals surface area contributed by atoms with Gasteiger partial charge in [0.15, 0.2) is 13.4 Å². The molecule has 17 heavy (non-hydrogen) atoms. The Morgan fingerprint density at radius 1 is 1.47 bits per heavy atom. The average molecular weight is 274 g/mol. The molecule has 0 aliphatic carbocycles. The van der Waals surface area contributed by atoms with Crippen LogP contribution < -0.4 is 0 Å². The van der Waals surface area contributed by atoms with Crippen LogP contribution in [0, 0.1) is 0 Å². The molecule has 1 aliphatic heterocycles. The molecule has 0 aromatic rings. The second-order valence-corrected chi connectivity index (χ2v) is 12.1. The highest BCUT2D eigenvalue weighted by Crippen LogP contribution is 2.39. The normalized spacial score (nSPS) is 23.8. The van der Waals surface area contributed by atoms with Gasteiger partial charge in [-0.1, -0.05) is 32.5 Å². The van der Waals surface area contributed by atoms with Crippen LogP contribution in [-0.2, 0) is 14.0 Å². The van der Waals surface area contributed by atoms with Crippen molar-refractivity contribution < 1.29 is 14.0 Å². The SMILES string of the molecule is CC(C)(C)[Si](C)(C)O[C@H](C=O)[C@@H]1CCC(=O)S1. The Morgan fingerprint density at radius 2 is 2.06 bits per heavy atom. The van der Waals surface area contributed by atoms with Crippen molar-refractivity contribution >= 4 is 31.5 Å². The lowest BCUT2D eigenvalue weighted by atomic mass is 10.2. The maximum Gasteiger partial charge on any atom is 0.193 e. The van der Waals surface area contributed by atoms with E-state index in [-0.39, 0.29) is 15.4 Å². The van der Waals surface area contributed by atoms with Gasteiger partial charge in [0.25, 0.3) is 0 Å². The highest BCUT2D eigenvalue weighted by atomic mass is 32.2. The summed E-state index contributed by atoms with van der Waals surface area (Å²) < 4.78 is 6.08. The molecule has 0 unspecified atom stereocenters. The lowest BCUT2D eigenvalue weighted by molar-refractivity contribution is -0.114. The Labute approximate surface area is 109 Å². The third-order valence-corrected chi connectivity index (χ3v) is 9.40. The van der Waals surface area contributed by atoms with Crippen LogP contribution in [-0.4, -0.2) is 31.1 Å². The van der Waals surface area contributed by atoms with Crippen molar-refractivity contribution in [2.24, 2.45) is 0 Å². The third kappa shape index (κ3) is 3.66. The predicted octanol–water partition coefficient (Wildman–Crippen LogP) is 3.00. The van der Waals surface area contributed by atoms with Crippen LogP contribution in [0.1, 0.15) is 33.6 Å². The maximum atomic E-state index is 11.2. The van der Waals surface area contributed by atoms with Gasteiger partial charge in [0.05, 0.1) is 0 Å². The van der Waals surface area contributed by atoms with Gasteiger partial charge in [-0.3, -0.25) is 4.79 Å². The van der Waals surface area contributed by atoms with Crippen molar-refractivity contribution in [3.05, 3.63) is 0 Å². The number of aldehydes is 1. The first-order valence-electron chi connectivity index (χ1n) is 6.00. The fraction of sp³-hybridized carbons (Fsp3) is 0.833. The Kier molecular flexibility index (Phi) is 4.60. The second kappa shape index (κ2) is 5.24. The molecule has 0 saturated carbocycles. The number of carbonyl (C=O) groups is 2. The summed E-state index contributed by atoms with van der Waals surface area (Å²) in [4.78, 5) is 22.4. The van der Waals surface area contributed by atoms with Crippen molar-refractivity contribution in [3.8, 4) is 0 Å². The van der Waals surface area contributed by atoms with E-state index in [1.807, 2.05) is 0 Å². The summed E-state index contributed by atoms with van der Waals surface area (Å²) in [6, 6.07) is 0. The van der Waals surface area contributed by atoms with Crippen LogP contribution >= 0.6 is 11.8 Å². The largest absolute Gasteiger partial charge is 0.406 e. The minimum atomic E-state index is -1.93. The molecule has 1 rings (SSSR count). The monoisotopic (exact) mass is 274 g/mol. The molecule has 1 aliphatic rings. The molecule has 3 nitrogen and oxygen atoms in total. The molecule has 1 saturated heterocycles. The zero-order valence-corrected chi connectivity index (χ0v) is 13.1. The van der Waals surface area contributed by atoms with Crippen LogP contribution in [0.5, 0.6) is 0 Å². The molecular formula is C12H22O3SSi. The number of carbonyl (C=O) groups excluding carboxylic acids is 2. The smallest absolute Gasteiger partial charge is 0.193 e. The van der Waals surface area contributed by atoms with E-state index < -0.39 is 14.4 Å². The number of hydrogen-bond acceptors (Lipinski definition) is 4. The number of thioether (sulfide) groups is 1. The van der Waals surface area contributed by atoms with Crippen molar-refractivity contribution in [2.75, 3.05) is 0 Å². The van der Waals surface area contributed by atoms with Gasteiger partial charge in [0.1, 0.15) is 12.4 Å². The van der Waals surface area contributed by atoms with Gasteiger partial charge in [-0.2, -0.15) is 0 Å². The van der Waals surface area contributed by atoms with Crippen LogP contribution in [0.2, 0.25) is 18.1 Å². The topological polar surface area (TPSA) is 43.4 Å². The summed E-state index contributed by atoms with van der Waals surface area (Å²) in [5, 5.41) is 0.288. The summed E-state index contributed by atoms with van der Waals surface area (Å²) in [5.74, 6) is 0. The second-order valence-electron chi connectivity index (χ2n) is 6.05. The van der Waals surface area contributed by atoms with Crippen LogP contribution in [0.4, 0.5) is 0 Å². The van der Waals surface area contributed by atoms with Gasteiger partial charge < -0.3 is 9.22 Å². The Morgan fingerprint density at radius 3 is 2.41 bits per heavy atom. The molecule has 0 bridgehead atoms. The van der Waals surface area contributed by atoms with Crippen LogP contribution in [0.3, 0.4) is 0 Å². The molecule has 0 aromatic carbocycles. The molecular weight excluding hydrogens is 252 g/mol. The van der Waals surface area contributed by atoms with E-state index in [4.69, 9.17) is 4.43 Å². The number of hydrogen-bond donors (Lipinski definition) is 0. The predicted molar refractivity (Wildman–Crippen MR) is 73.8 cm³/mol. The zero-order valence-electron chi connectivity index (χ0n) is 11.3. The Hall–Kier alpha value is -0.133. The van der Waals surface area contributed by atoms with Crippen molar-refractivity contribution in [2.45, 2.75) is 63.1 Å². The van der Waals surface area contributed by atoms with Gasteiger partial charge in [0, 0.05) is 11.7 Å². The molecule has 98 valence electrons. The van der Waals surface area contributed by atoms with Gasteiger partial charge in [-0.25, -0.2) is 0 Å². The Bertz CT molecular complexity index is 309. The average Bonchev–Trinajstić information content (AvgIpc) is 2.59. The molecule has 0 radical (unpaired) electrons. The first-order valence-corrected chi connectivity index (χ1v) is 9.79. The first-order chi connectivity index (χ1) is 7.67. The third-order valence-electron chi connectivity index (χ3n) is 3.65. The molecule has 1 heterocycles.